The molecule has 0 spiro atoms. The molecule has 0 aromatic heterocycles. The number of rotatable bonds is 5. The molecule has 19 heavy (non-hydrogen) atoms. The van der Waals surface area contributed by atoms with E-state index in [0.29, 0.717) is 6.61 Å². The Morgan fingerprint density at radius 1 is 1.47 bits per heavy atom. The zero-order valence-electron chi connectivity index (χ0n) is 12.2. The van der Waals surface area contributed by atoms with Crippen molar-refractivity contribution in [3.63, 3.8) is 0 Å². The van der Waals surface area contributed by atoms with E-state index in [1.165, 1.54) is 5.56 Å². The van der Waals surface area contributed by atoms with Crippen LogP contribution in [0.2, 0.25) is 0 Å². The minimum absolute atomic E-state index is 0.00482. The molecule has 3 nitrogen and oxygen atoms in total. The van der Waals surface area contributed by atoms with Crippen LogP contribution in [0.15, 0.2) is 24.3 Å². The van der Waals surface area contributed by atoms with E-state index in [1.807, 2.05) is 19.1 Å². The third-order valence-electron chi connectivity index (χ3n) is 3.45. The number of ether oxygens (including phenoxy) is 2. The van der Waals surface area contributed by atoms with Gasteiger partial charge in [0.05, 0.1) is 11.7 Å². The minimum Gasteiger partial charge on any atom is -0.491 e. The van der Waals surface area contributed by atoms with E-state index in [4.69, 9.17) is 15.2 Å². The highest BCUT2D eigenvalue weighted by molar-refractivity contribution is 5.29. The molecule has 1 aliphatic rings. The lowest BCUT2D eigenvalue weighted by Crippen LogP contribution is -2.24. The van der Waals surface area contributed by atoms with Crippen molar-refractivity contribution in [1.82, 2.24) is 0 Å². The molecule has 1 aliphatic heterocycles. The van der Waals surface area contributed by atoms with Crippen LogP contribution < -0.4 is 10.5 Å². The molecular formula is C16H25NO2. The molecule has 106 valence electrons. The van der Waals surface area contributed by atoms with Gasteiger partial charge in [0.25, 0.3) is 0 Å². The third-order valence-corrected chi connectivity index (χ3v) is 3.45. The molecule has 1 heterocycles. The zero-order valence-corrected chi connectivity index (χ0v) is 12.2. The maximum absolute atomic E-state index is 5.92. The molecule has 3 heteroatoms. The summed E-state index contributed by atoms with van der Waals surface area (Å²) >= 11 is 0. The first-order chi connectivity index (χ1) is 8.94. The van der Waals surface area contributed by atoms with Gasteiger partial charge < -0.3 is 15.2 Å². The van der Waals surface area contributed by atoms with Gasteiger partial charge in [-0.3, -0.25) is 0 Å². The molecule has 0 amide bonds. The monoisotopic (exact) mass is 263 g/mol. The van der Waals surface area contributed by atoms with Crippen molar-refractivity contribution in [2.45, 2.75) is 57.8 Å². The van der Waals surface area contributed by atoms with Crippen molar-refractivity contribution >= 4 is 0 Å². The smallest absolute Gasteiger partial charge is 0.119 e. The van der Waals surface area contributed by atoms with Crippen LogP contribution in [0.3, 0.4) is 0 Å². The quantitative estimate of drug-likeness (QED) is 0.888. The van der Waals surface area contributed by atoms with E-state index in [1.54, 1.807) is 0 Å². The molecule has 0 aliphatic carbocycles. The van der Waals surface area contributed by atoms with E-state index in [2.05, 4.69) is 26.0 Å². The third kappa shape index (κ3) is 4.51. The van der Waals surface area contributed by atoms with Gasteiger partial charge in [-0.1, -0.05) is 12.1 Å². The summed E-state index contributed by atoms with van der Waals surface area (Å²) in [6.07, 6.45) is 3.27. The van der Waals surface area contributed by atoms with E-state index in [0.717, 1.165) is 25.0 Å². The van der Waals surface area contributed by atoms with Gasteiger partial charge in [0, 0.05) is 6.04 Å². The fraction of sp³-hybridized carbons (Fsp3) is 0.625. The maximum Gasteiger partial charge on any atom is 0.119 e. The highest BCUT2D eigenvalue weighted by atomic mass is 16.6. The van der Waals surface area contributed by atoms with Crippen LogP contribution in [-0.4, -0.2) is 24.4 Å². The molecule has 2 unspecified atom stereocenters. The van der Waals surface area contributed by atoms with Crippen LogP contribution in [0.25, 0.3) is 0 Å². The van der Waals surface area contributed by atoms with Crippen LogP contribution in [-0.2, 0) is 11.2 Å². The maximum atomic E-state index is 5.92. The van der Waals surface area contributed by atoms with Crippen LogP contribution in [0.5, 0.6) is 5.75 Å². The predicted octanol–water partition coefficient (Wildman–Crippen LogP) is 2.91. The number of benzene rings is 1. The predicted molar refractivity (Wildman–Crippen MR) is 77.5 cm³/mol. The Morgan fingerprint density at radius 3 is 2.89 bits per heavy atom. The summed E-state index contributed by atoms with van der Waals surface area (Å²) in [7, 11) is 0. The lowest BCUT2D eigenvalue weighted by molar-refractivity contribution is -0.0326. The SMILES string of the molecule is CC(N)Cc1cccc(OCC2CCC(C)(C)O2)c1. The van der Waals surface area contributed by atoms with Gasteiger partial charge in [-0.05, 0) is 57.7 Å². The van der Waals surface area contributed by atoms with Crippen molar-refractivity contribution in [3.05, 3.63) is 29.8 Å². The first kappa shape index (κ1) is 14.4. The lowest BCUT2D eigenvalue weighted by atomic mass is 10.1. The zero-order chi connectivity index (χ0) is 13.9. The van der Waals surface area contributed by atoms with E-state index in [-0.39, 0.29) is 17.7 Å². The van der Waals surface area contributed by atoms with Crippen LogP contribution in [0, 0.1) is 0 Å². The lowest BCUT2D eigenvalue weighted by Gasteiger charge is -2.19. The standard InChI is InChI=1S/C16H25NO2/c1-12(17)9-13-5-4-6-14(10-13)18-11-15-7-8-16(2,3)19-15/h4-6,10,12,15H,7-9,11,17H2,1-3H3. The van der Waals surface area contributed by atoms with Gasteiger partial charge in [-0.25, -0.2) is 0 Å². The van der Waals surface area contributed by atoms with Crippen LogP contribution in [0.4, 0.5) is 0 Å². The Bertz CT molecular complexity index is 415. The molecule has 1 saturated heterocycles. The van der Waals surface area contributed by atoms with Crippen molar-refractivity contribution < 1.29 is 9.47 Å². The van der Waals surface area contributed by atoms with E-state index >= 15 is 0 Å². The number of nitrogens with two attached hydrogens (primary N) is 1. The summed E-state index contributed by atoms with van der Waals surface area (Å²) in [5, 5.41) is 0. The van der Waals surface area contributed by atoms with Gasteiger partial charge in [0.15, 0.2) is 0 Å². The molecule has 2 rings (SSSR count). The summed E-state index contributed by atoms with van der Waals surface area (Å²) in [4.78, 5) is 0. The second kappa shape index (κ2) is 5.93. The normalized spacial score (nSPS) is 23.3. The first-order valence-electron chi connectivity index (χ1n) is 7.10. The largest absolute Gasteiger partial charge is 0.491 e. The average molecular weight is 263 g/mol. The van der Waals surface area contributed by atoms with Crippen molar-refractivity contribution in [1.29, 1.82) is 0 Å². The van der Waals surface area contributed by atoms with Crippen LogP contribution >= 0.6 is 0 Å². The molecule has 2 N–H and O–H groups in total. The van der Waals surface area contributed by atoms with Crippen LogP contribution in [0.1, 0.15) is 39.2 Å². The molecule has 2 atom stereocenters. The Balaban J connectivity index is 1.86. The minimum atomic E-state index is 0.00482. The number of hydrogen-bond acceptors (Lipinski definition) is 3. The van der Waals surface area contributed by atoms with Gasteiger partial charge >= 0.3 is 0 Å². The van der Waals surface area contributed by atoms with E-state index in [9.17, 15) is 0 Å². The van der Waals surface area contributed by atoms with Gasteiger partial charge in [0.2, 0.25) is 0 Å². The summed E-state index contributed by atoms with van der Waals surface area (Å²) in [5.41, 5.74) is 7.04. The van der Waals surface area contributed by atoms with Crippen molar-refractivity contribution in [2.75, 3.05) is 6.61 Å². The summed E-state index contributed by atoms with van der Waals surface area (Å²) in [6, 6.07) is 8.35. The second-order valence-electron chi connectivity index (χ2n) is 6.18. The van der Waals surface area contributed by atoms with Crippen molar-refractivity contribution in [2.24, 2.45) is 5.73 Å². The molecular weight excluding hydrogens is 238 g/mol. The fourth-order valence-corrected chi connectivity index (χ4v) is 2.52. The van der Waals surface area contributed by atoms with Gasteiger partial charge in [-0.15, -0.1) is 0 Å². The van der Waals surface area contributed by atoms with Crippen molar-refractivity contribution in [3.8, 4) is 5.75 Å². The fourth-order valence-electron chi connectivity index (χ4n) is 2.52. The highest BCUT2D eigenvalue weighted by Gasteiger charge is 2.31. The Kier molecular flexibility index (Phi) is 4.48. The first-order valence-corrected chi connectivity index (χ1v) is 7.10. The average Bonchev–Trinajstić information content (AvgIpc) is 2.66. The second-order valence-corrected chi connectivity index (χ2v) is 6.18. The molecule has 0 bridgehead atoms. The molecule has 1 fully saturated rings. The molecule has 0 radical (unpaired) electrons. The molecule has 1 aromatic rings. The number of hydrogen-bond donors (Lipinski definition) is 1. The Labute approximate surface area is 116 Å². The van der Waals surface area contributed by atoms with E-state index < -0.39 is 0 Å². The van der Waals surface area contributed by atoms with Gasteiger partial charge in [-0.2, -0.15) is 0 Å². The summed E-state index contributed by atoms with van der Waals surface area (Å²) < 4.78 is 11.8. The summed E-state index contributed by atoms with van der Waals surface area (Å²) in [5.74, 6) is 0.909. The topological polar surface area (TPSA) is 44.5 Å². The Morgan fingerprint density at radius 2 is 2.26 bits per heavy atom. The van der Waals surface area contributed by atoms with Gasteiger partial charge in [0.1, 0.15) is 12.4 Å². The molecule has 1 aromatic carbocycles. The molecule has 0 saturated carbocycles. The Hall–Kier alpha value is -1.06. The summed E-state index contributed by atoms with van der Waals surface area (Å²) in [6.45, 7) is 6.92. The highest BCUT2D eigenvalue weighted by Crippen LogP contribution is 2.29.